The second-order valence-electron chi connectivity index (χ2n) is 2.28. The average molecular weight is 214 g/mol. The van der Waals surface area contributed by atoms with Crippen LogP contribution in [0.25, 0.3) is 6.08 Å². The molecule has 2 N–H and O–H groups in total. The zero-order chi connectivity index (χ0) is 11.0. The maximum Gasteiger partial charge on any atom is 0.126 e. The highest BCUT2D eigenvalue weighted by Gasteiger charge is 1.97. The topological polar surface area (TPSA) is 69.4 Å². The van der Waals surface area contributed by atoms with Crippen molar-refractivity contribution >= 4 is 23.3 Å². The molecule has 0 saturated heterocycles. The molecular weight excluding hydrogens is 202 g/mol. The van der Waals surface area contributed by atoms with Gasteiger partial charge in [-0.25, -0.2) is 0 Å². The Labute approximate surface area is 86.0 Å². The van der Waals surface area contributed by atoms with Crippen LogP contribution in [0, 0.1) is 0 Å². The molecule has 0 atom stereocenters. The first kappa shape index (κ1) is 12.5. The van der Waals surface area contributed by atoms with Crippen molar-refractivity contribution in [1.29, 1.82) is 0 Å². The third-order valence-electron chi connectivity index (χ3n) is 1.47. The molecule has 1 rings (SSSR count). The molecule has 14 heavy (non-hydrogen) atoms. The molecule has 0 heterocycles. The third-order valence-corrected chi connectivity index (χ3v) is 1.47. The largest absolute Gasteiger partial charge is 0.496 e. The lowest BCUT2D eigenvalue weighted by molar-refractivity contribution is 0.414. The standard InChI is InChI=1S/C9H11NO.HO2S/c1-3-7-6-8(10)4-5-9(7)11-2;1-3-2/h3-6H,1,10H2,2H3;3H/q;-1. The smallest absolute Gasteiger partial charge is 0.126 e. The summed E-state index contributed by atoms with van der Waals surface area (Å²) >= 11 is -1.08. The van der Waals surface area contributed by atoms with Crippen LogP contribution >= 0.6 is 0 Å². The number of hydrogen-bond donors (Lipinski definition) is 1. The van der Waals surface area contributed by atoms with E-state index in [1.807, 2.05) is 12.1 Å². The number of nitrogen functional groups attached to an aromatic ring is 1. The highest BCUT2D eigenvalue weighted by atomic mass is 32.1. The second kappa shape index (κ2) is 6.97. The molecule has 78 valence electrons. The van der Waals surface area contributed by atoms with Gasteiger partial charge in [-0.2, -0.15) is 0 Å². The first-order chi connectivity index (χ1) is 6.69. The van der Waals surface area contributed by atoms with Crippen LogP contribution in [0.2, 0.25) is 0 Å². The fraction of sp³-hybridized carbons (Fsp3) is 0.111. The van der Waals surface area contributed by atoms with Crippen molar-refractivity contribution in [3.05, 3.63) is 30.3 Å². The first-order valence-corrected chi connectivity index (χ1v) is 4.43. The summed E-state index contributed by atoms with van der Waals surface area (Å²) in [5.41, 5.74) is 7.20. The third kappa shape index (κ3) is 3.95. The lowest BCUT2D eigenvalue weighted by Gasteiger charge is -2.04. The first-order valence-electron chi connectivity index (χ1n) is 3.70. The molecule has 0 radical (unpaired) electrons. The predicted molar refractivity (Wildman–Crippen MR) is 57.6 cm³/mol. The Morgan fingerprint density at radius 1 is 1.50 bits per heavy atom. The van der Waals surface area contributed by atoms with E-state index in [1.54, 1.807) is 19.3 Å². The summed E-state index contributed by atoms with van der Waals surface area (Å²) in [7, 11) is 1.62. The van der Waals surface area contributed by atoms with Gasteiger partial charge in [-0.3, -0.25) is 0 Å². The quantitative estimate of drug-likeness (QED) is 0.459. The van der Waals surface area contributed by atoms with E-state index >= 15 is 0 Å². The minimum absolute atomic E-state index is 0.723. The van der Waals surface area contributed by atoms with Crippen LogP contribution in [0.15, 0.2) is 24.8 Å². The van der Waals surface area contributed by atoms with Crippen molar-refractivity contribution in [1.82, 2.24) is 0 Å². The molecule has 0 aliphatic carbocycles. The molecule has 0 unspecified atom stereocenters. The zero-order valence-corrected chi connectivity index (χ0v) is 8.66. The van der Waals surface area contributed by atoms with Crippen LogP contribution in [0.3, 0.4) is 0 Å². The van der Waals surface area contributed by atoms with Crippen LogP contribution in [-0.2, 0) is 20.0 Å². The number of anilines is 1. The Bertz CT molecular complexity index is 346. The number of benzene rings is 1. The summed E-state index contributed by atoms with van der Waals surface area (Å²) in [6.45, 7) is 3.65. The number of thiol groups is 1. The van der Waals surface area contributed by atoms with Gasteiger partial charge < -0.3 is 18.9 Å². The van der Waals surface area contributed by atoms with E-state index in [0.29, 0.717) is 0 Å². The van der Waals surface area contributed by atoms with Gasteiger partial charge in [0.25, 0.3) is 0 Å². The van der Waals surface area contributed by atoms with E-state index in [0.717, 1.165) is 17.0 Å². The maximum absolute atomic E-state index is 8.35. The molecule has 1 aromatic carbocycles. The molecule has 0 saturated carbocycles. The number of nitrogens with two attached hydrogens (primary N) is 1. The summed E-state index contributed by atoms with van der Waals surface area (Å²) in [5, 5.41) is 0. The summed E-state index contributed by atoms with van der Waals surface area (Å²) in [4.78, 5) is 0. The molecule has 0 aliphatic rings. The Hall–Kier alpha value is -1.49. The monoisotopic (exact) mass is 214 g/mol. The Morgan fingerprint density at radius 3 is 2.50 bits per heavy atom. The molecule has 1 aromatic rings. The van der Waals surface area contributed by atoms with E-state index < -0.39 is 11.6 Å². The van der Waals surface area contributed by atoms with Gasteiger partial charge in [0.2, 0.25) is 0 Å². The van der Waals surface area contributed by atoms with Crippen LogP contribution in [0.4, 0.5) is 5.69 Å². The van der Waals surface area contributed by atoms with Gasteiger partial charge >= 0.3 is 0 Å². The molecule has 0 bridgehead atoms. The fourth-order valence-corrected chi connectivity index (χ4v) is 0.912. The number of rotatable bonds is 2. The SMILES string of the molecule is C=Cc1cc(N)ccc1OC.O=[SH-]=O. The van der Waals surface area contributed by atoms with Crippen molar-refractivity contribution in [3.8, 4) is 5.75 Å². The summed E-state index contributed by atoms with van der Waals surface area (Å²) < 4.78 is 21.8. The normalized spacial score (nSPS) is 8.36. The predicted octanol–water partition coefficient (Wildman–Crippen LogP) is 1.41. The van der Waals surface area contributed by atoms with Gasteiger partial charge in [0.05, 0.1) is 7.11 Å². The molecular formula is C9H12NO3S-. The molecule has 0 aliphatic heterocycles. The number of methoxy groups -OCH3 is 1. The Balaban J connectivity index is 0.000000500. The highest BCUT2D eigenvalue weighted by Crippen LogP contribution is 2.21. The minimum atomic E-state index is -1.08. The Kier molecular flexibility index (Phi) is 6.22. The molecule has 0 aromatic heterocycles. The molecule has 0 spiro atoms. The number of ether oxygens (including phenoxy) is 1. The van der Waals surface area contributed by atoms with E-state index in [4.69, 9.17) is 18.9 Å². The van der Waals surface area contributed by atoms with Gasteiger partial charge in [0.15, 0.2) is 0 Å². The molecule has 0 fully saturated rings. The van der Waals surface area contributed by atoms with Gasteiger partial charge in [0.1, 0.15) is 5.75 Å². The lowest BCUT2D eigenvalue weighted by atomic mass is 10.2. The second-order valence-corrected chi connectivity index (χ2v) is 2.43. The fourth-order valence-electron chi connectivity index (χ4n) is 0.912. The number of hydrogen-bond acceptors (Lipinski definition) is 5. The van der Waals surface area contributed by atoms with Crippen LogP contribution in [0.1, 0.15) is 5.56 Å². The average Bonchev–Trinajstić information content (AvgIpc) is 2.19. The zero-order valence-electron chi connectivity index (χ0n) is 7.77. The van der Waals surface area contributed by atoms with Crippen LogP contribution in [0.5, 0.6) is 5.75 Å². The summed E-state index contributed by atoms with van der Waals surface area (Å²) in [6, 6.07) is 5.45. The summed E-state index contributed by atoms with van der Waals surface area (Å²) in [5.74, 6) is 0.800. The van der Waals surface area contributed by atoms with Crippen molar-refractivity contribution in [2.75, 3.05) is 12.8 Å². The van der Waals surface area contributed by atoms with E-state index in [2.05, 4.69) is 6.58 Å². The van der Waals surface area contributed by atoms with Crippen LogP contribution < -0.4 is 10.5 Å². The summed E-state index contributed by atoms with van der Waals surface area (Å²) in [6.07, 6.45) is 1.72. The van der Waals surface area contributed by atoms with Crippen molar-refractivity contribution < 1.29 is 13.2 Å². The van der Waals surface area contributed by atoms with E-state index in [9.17, 15) is 0 Å². The van der Waals surface area contributed by atoms with Crippen molar-refractivity contribution in [3.63, 3.8) is 0 Å². The molecule has 5 heteroatoms. The van der Waals surface area contributed by atoms with E-state index in [-0.39, 0.29) is 0 Å². The maximum atomic E-state index is 8.35. The minimum Gasteiger partial charge on any atom is -0.496 e. The van der Waals surface area contributed by atoms with Gasteiger partial charge in [-0.1, -0.05) is 24.2 Å². The van der Waals surface area contributed by atoms with Gasteiger partial charge in [0, 0.05) is 11.3 Å². The lowest BCUT2D eigenvalue weighted by Crippen LogP contribution is -1.89. The van der Waals surface area contributed by atoms with Gasteiger partial charge in [-0.05, 0) is 18.2 Å². The molecule has 4 nitrogen and oxygen atoms in total. The van der Waals surface area contributed by atoms with Gasteiger partial charge in [-0.15, -0.1) is 0 Å². The van der Waals surface area contributed by atoms with E-state index in [1.165, 1.54) is 0 Å². The van der Waals surface area contributed by atoms with Crippen LogP contribution in [-0.4, -0.2) is 7.11 Å². The highest BCUT2D eigenvalue weighted by molar-refractivity contribution is 7.51. The van der Waals surface area contributed by atoms with Crippen molar-refractivity contribution in [2.24, 2.45) is 0 Å². The molecule has 0 amide bonds. The van der Waals surface area contributed by atoms with Crippen molar-refractivity contribution in [2.45, 2.75) is 0 Å². The Morgan fingerprint density at radius 2 is 2.07 bits per heavy atom.